The third-order valence-electron chi connectivity index (χ3n) is 3.56. The van der Waals surface area contributed by atoms with Gasteiger partial charge in [-0.3, -0.25) is 14.9 Å². The van der Waals surface area contributed by atoms with Crippen LogP contribution in [0.2, 0.25) is 0 Å². The first-order chi connectivity index (χ1) is 9.24. The Labute approximate surface area is 120 Å². The van der Waals surface area contributed by atoms with Crippen molar-refractivity contribution in [3.63, 3.8) is 0 Å². The molecular formula is C13H16N2O2S2. The van der Waals surface area contributed by atoms with Crippen LogP contribution in [0.3, 0.4) is 0 Å². The van der Waals surface area contributed by atoms with E-state index in [2.05, 4.69) is 10.6 Å². The van der Waals surface area contributed by atoms with Crippen LogP contribution in [-0.4, -0.2) is 24.9 Å². The van der Waals surface area contributed by atoms with Gasteiger partial charge in [-0.2, -0.15) is 11.8 Å². The Morgan fingerprint density at radius 2 is 2.05 bits per heavy atom. The van der Waals surface area contributed by atoms with Gasteiger partial charge in [-0.05, 0) is 37.6 Å². The number of carbonyl (C=O) groups is 2. The van der Waals surface area contributed by atoms with Gasteiger partial charge in [0.05, 0.1) is 4.88 Å². The zero-order valence-electron chi connectivity index (χ0n) is 10.5. The summed E-state index contributed by atoms with van der Waals surface area (Å²) in [6.07, 6.45) is 1.63. The molecule has 2 N–H and O–H groups in total. The van der Waals surface area contributed by atoms with Gasteiger partial charge in [0, 0.05) is 22.3 Å². The van der Waals surface area contributed by atoms with Gasteiger partial charge in [0.15, 0.2) is 0 Å². The number of amides is 2. The number of nitrogens with one attached hydrogen (secondary N) is 2. The molecule has 0 unspecified atom stereocenters. The number of rotatable bonds is 2. The molecule has 0 aliphatic carbocycles. The van der Waals surface area contributed by atoms with Crippen molar-refractivity contribution in [2.75, 3.05) is 13.1 Å². The van der Waals surface area contributed by atoms with Crippen LogP contribution in [0.15, 0.2) is 6.07 Å². The molecule has 19 heavy (non-hydrogen) atoms. The van der Waals surface area contributed by atoms with Crippen molar-refractivity contribution < 1.29 is 9.59 Å². The summed E-state index contributed by atoms with van der Waals surface area (Å²) in [7, 11) is 0. The highest BCUT2D eigenvalue weighted by Gasteiger charge is 2.24. The van der Waals surface area contributed by atoms with E-state index < -0.39 is 0 Å². The molecule has 3 heterocycles. The van der Waals surface area contributed by atoms with Crippen LogP contribution in [0, 0.1) is 5.92 Å². The highest BCUT2D eigenvalue weighted by molar-refractivity contribution is 7.98. The third kappa shape index (κ3) is 2.85. The molecule has 2 aliphatic rings. The van der Waals surface area contributed by atoms with E-state index in [0.717, 1.165) is 37.4 Å². The number of hydrogen-bond donors (Lipinski definition) is 2. The number of thiophene rings is 1. The summed E-state index contributed by atoms with van der Waals surface area (Å²) >= 11 is 3.39. The number of thioether (sulfide) groups is 1. The summed E-state index contributed by atoms with van der Waals surface area (Å²) in [6.45, 7) is 1.72. The standard InChI is InChI=1S/C13H16N2O2S2/c16-12(8-1-3-14-4-2-8)15-13(17)10-5-9-6-18-7-11(9)19-10/h5,8,14H,1-4,6-7H2,(H,15,16,17). The van der Waals surface area contributed by atoms with Gasteiger partial charge >= 0.3 is 0 Å². The number of carbonyl (C=O) groups excluding carboxylic acids is 2. The Hall–Kier alpha value is -0.850. The van der Waals surface area contributed by atoms with Crippen LogP contribution in [-0.2, 0) is 16.3 Å². The summed E-state index contributed by atoms with van der Waals surface area (Å²) in [5, 5.41) is 5.77. The fraction of sp³-hybridized carbons (Fsp3) is 0.538. The molecule has 1 fully saturated rings. The zero-order valence-corrected chi connectivity index (χ0v) is 12.2. The maximum Gasteiger partial charge on any atom is 0.267 e. The number of hydrogen-bond acceptors (Lipinski definition) is 5. The Morgan fingerprint density at radius 3 is 2.79 bits per heavy atom. The van der Waals surface area contributed by atoms with Crippen LogP contribution in [0.4, 0.5) is 0 Å². The van der Waals surface area contributed by atoms with E-state index in [1.807, 2.05) is 17.8 Å². The normalized spacial score (nSPS) is 19.2. The monoisotopic (exact) mass is 296 g/mol. The molecule has 1 aromatic heterocycles. The van der Waals surface area contributed by atoms with Crippen LogP contribution < -0.4 is 10.6 Å². The van der Waals surface area contributed by atoms with Crippen molar-refractivity contribution in [1.82, 2.24) is 10.6 Å². The Balaban J connectivity index is 1.62. The van der Waals surface area contributed by atoms with E-state index in [1.54, 1.807) is 0 Å². The van der Waals surface area contributed by atoms with Crippen molar-refractivity contribution >= 4 is 34.9 Å². The van der Waals surface area contributed by atoms with Gasteiger partial charge in [-0.1, -0.05) is 0 Å². The lowest BCUT2D eigenvalue weighted by Crippen LogP contribution is -2.40. The van der Waals surface area contributed by atoms with Crippen LogP contribution >= 0.6 is 23.1 Å². The fourth-order valence-corrected chi connectivity index (χ4v) is 4.84. The highest BCUT2D eigenvalue weighted by Crippen LogP contribution is 2.36. The van der Waals surface area contributed by atoms with Gasteiger partial charge in [0.1, 0.15) is 0 Å². The Kier molecular flexibility index (Phi) is 3.91. The summed E-state index contributed by atoms with van der Waals surface area (Å²) in [5.41, 5.74) is 1.26. The minimum atomic E-state index is -0.229. The number of fused-ring (bicyclic) bond motifs is 1. The smallest absolute Gasteiger partial charge is 0.267 e. The maximum absolute atomic E-state index is 12.1. The minimum absolute atomic E-state index is 0.0208. The van der Waals surface area contributed by atoms with Gasteiger partial charge in [-0.15, -0.1) is 11.3 Å². The lowest BCUT2D eigenvalue weighted by atomic mass is 9.97. The molecule has 1 aromatic rings. The van der Waals surface area contributed by atoms with Gasteiger partial charge in [0.25, 0.3) is 5.91 Å². The van der Waals surface area contributed by atoms with Gasteiger partial charge in [-0.25, -0.2) is 0 Å². The topological polar surface area (TPSA) is 58.2 Å². The summed E-state index contributed by atoms with van der Waals surface area (Å²) in [4.78, 5) is 26.0. The molecule has 0 spiro atoms. The second kappa shape index (κ2) is 5.64. The predicted molar refractivity (Wildman–Crippen MR) is 77.4 cm³/mol. The van der Waals surface area contributed by atoms with Crippen molar-refractivity contribution in [3.8, 4) is 0 Å². The average Bonchev–Trinajstić information content (AvgIpc) is 3.00. The zero-order chi connectivity index (χ0) is 13.2. The molecule has 0 aromatic carbocycles. The predicted octanol–water partition coefficient (Wildman–Crippen LogP) is 1.75. The van der Waals surface area contributed by atoms with Crippen molar-refractivity contribution in [2.45, 2.75) is 24.3 Å². The van der Waals surface area contributed by atoms with E-state index >= 15 is 0 Å². The second-order valence-corrected chi connectivity index (χ2v) is 7.02. The molecule has 3 rings (SSSR count). The highest BCUT2D eigenvalue weighted by atomic mass is 32.2. The molecule has 4 nitrogen and oxygen atoms in total. The quantitative estimate of drug-likeness (QED) is 0.816. The molecule has 0 saturated carbocycles. The van der Waals surface area contributed by atoms with E-state index in [0.29, 0.717) is 4.88 Å². The van der Waals surface area contributed by atoms with E-state index in [1.165, 1.54) is 21.8 Å². The summed E-state index contributed by atoms with van der Waals surface area (Å²) in [6, 6.07) is 1.94. The SMILES string of the molecule is O=C(NC(=O)C1CCNCC1)c1cc2c(s1)CSC2. The van der Waals surface area contributed by atoms with Crippen molar-refractivity contribution in [2.24, 2.45) is 5.92 Å². The second-order valence-electron chi connectivity index (χ2n) is 4.89. The third-order valence-corrected chi connectivity index (χ3v) is 5.92. The Bertz CT molecular complexity index is 485. The number of imide groups is 1. The van der Waals surface area contributed by atoms with Crippen LogP contribution in [0.5, 0.6) is 0 Å². The molecule has 6 heteroatoms. The van der Waals surface area contributed by atoms with Crippen LogP contribution in [0.1, 0.15) is 33.0 Å². The van der Waals surface area contributed by atoms with Crippen molar-refractivity contribution in [1.29, 1.82) is 0 Å². The van der Waals surface area contributed by atoms with Crippen molar-refractivity contribution in [3.05, 3.63) is 21.4 Å². The molecule has 0 radical (unpaired) electrons. The summed E-state index contributed by atoms with van der Waals surface area (Å²) in [5.74, 6) is 1.62. The van der Waals surface area contributed by atoms with E-state index in [9.17, 15) is 9.59 Å². The molecule has 2 amide bonds. The molecule has 2 aliphatic heterocycles. The lowest BCUT2D eigenvalue weighted by Gasteiger charge is -2.21. The first kappa shape index (κ1) is 13.1. The van der Waals surface area contributed by atoms with Gasteiger partial charge < -0.3 is 5.32 Å². The fourth-order valence-electron chi connectivity index (χ4n) is 2.44. The van der Waals surface area contributed by atoms with Crippen LogP contribution in [0.25, 0.3) is 0 Å². The molecule has 0 bridgehead atoms. The van der Waals surface area contributed by atoms with Gasteiger partial charge in [0.2, 0.25) is 5.91 Å². The average molecular weight is 296 g/mol. The van der Waals surface area contributed by atoms with E-state index in [-0.39, 0.29) is 17.7 Å². The first-order valence-electron chi connectivity index (χ1n) is 6.49. The Morgan fingerprint density at radius 1 is 1.26 bits per heavy atom. The number of piperidine rings is 1. The minimum Gasteiger partial charge on any atom is -0.317 e. The summed E-state index contributed by atoms with van der Waals surface area (Å²) < 4.78 is 0. The maximum atomic E-state index is 12.1. The van der Waals surface area contributed by atoms with E-state index in [4.69, 9.17) is 0 Å². The lowest BCUT2D eigenvalue weighted by molar-refractivity contribution is -0.124. The first-order valence-corrected chi connectivity index (χ1v) is 8.46. The molecule has 102 valence electrons. The molecule has 1 saturated heterocycles. The molecular weight excluding hydrogens is 280 g/mol. The largest absolute Gasteiger partial charge is 0.317 e. The molecule has 0 atom stereocenters.